The smallest absolute Gasteiger partial charge is 0.344 e. The molecule has 164 valence electrons. The van der Waals surface area contributed by atoms with Crippen molar-refractivity contribution < 1.29 is 32.9 Å². The van der Waals surface area contributed by atoms with Crippen LogP contribution in [0.1, 0.15) is 27.7 Å². The number of benzene rings is 3. The Balaban J connectivity index is 2.07. The van der Waals surface area contributed by atoms with Crippen LogP contribution in [0.15, 0.2) is 42.5 Å². The van der Waals surface area contributed by atoms with Crippen molar-refractivity contribution in [3.63, 3.8) is 0 Å². The molecule has 3 rings (SSSR count). The third-order valence-electron chi connectivity index (χ3n) is 4.29. The molecule has 0 bridgehead atoms. The quantitative estimate of drug-likeness (QED) is 0.379. The number of ether oxygens (including phenoxy) is 4. The maximum Gasteiger partial charge on any atom is 0.344 e. The van der Waals surface area contributed by atoms with Crippen molar-refractivity contribution in [3.05, 3.63) is 48.3 Å². The topological polar surface area (TPSA) is 71.1 Å². The zero-order valence-electron chi connectivity index (χ0n) is 17.9. The van der Waals surface area contributed by atoms with E-state index in [0.29, 0.717) is 33.0 Å². The van der Waals surface area contributed by atoms with E-state index in [4.69, 9.17) is 18.9 Å². The maximum absolute atomic E-state index is 14.1. The molecule has 0 aliphatic carbocycles. The first kappa shape index (κ1) is 22.3. The fourth-order valence-electron chi connectivity index (χ4n) is 3.24. The Bertz CT molecular complexity index is 1110. The second kappa shape index (κ2) is 9.64. The van der Waals surface area contributed by atoms with Gasteiger partial charge in [0.2, 0.25) is 0 Å². The van der Waals surface area contributed by atoms with Crippen LogP contribution in [0.5, 0.6) is 11.5 Å². The Morgan fingerprint density at radius 3 is 1.68 bits per heavy atom. The summed E-state index contributed by atoms with van der Waals surface area (Å²) in [4.78, 5) is 24.0. The number of rotatable bonds is 8. The Kier molecular flexibility index (Phi) is 6.95. The molecule has 0 aromatic heterocycles. The monoisotopic (exact) mass is 428 g/mol. The van der Waals surface area contributed by atoms with Crippen LogP contribution < -0.4 is 9.47 Å². The van der Waals surface area contributed by atoms with Crippen molar-refractivity contribution >= 4 is 33.5 Å². The third kappa shape index (κ3) is 5.42. The van der Waals surface area contributed by atoms with Gasteiger partial charge in [-0.25, -0.2) is 14.0 Å². The maximum atomic E-state index is 14.1. The Labute approximate surface area is 179 Å². The number of esters is 2. The summed E-state index contributed by atoms with van der Waals surface area (Å²) < 4.78 is 36.0. The summed E-state index contributed by atoms with van der Waals surface area (Å²) in [5.74, 6) is -0.764. The first-order valence-electron chi connectivity index (χ1n) is 10.0. The van der Waals surface area contributed by atoms with Crippen molar-refractivity contribution in [2.75, 3.05) is 13.2 Å². The molecule has 0 aliphatic rings. The SMILES string of the molecule is CC(C)OC(=O)COc1c2ccccc2c(OCC(=O)OC(C)C)c2cc(F)ccc12. The van der Waals surface area contributed by atoms with E-state index in [2.05, 4.69) is 0 Å². The van der Waals surface area contributed by atoms with Crippen molar-refractivity contribution in [3.8, 4) is 11.5 Å². The Hall–Kier alpha value is -3.35. The molecule has 0 radical (unpaired) electrons. The first-order valence-corrected chi connectivity index (χ1v) is 10.0. The minimum atomic E-state index is -0.527. The van der Waals surface area contributed by atoms with E-state index >= 15 is 0 Å². The molecule has 0 heterocycles. The van der Waals surface area contributed by atoms with Crippen LogP contribution in [0.25, 0.3) is 21.5 Å². The minimum absolute atomic E-state index is 0.264. The lowest BCUT2D eigenvalue weighted by Gasteiger charge is -2.18. The van der Waals surface area contributed by atoms with Gasteiger partial charge in [0.25, 0.3) is 0 Å². The number of hydrogen-bond donors (Lipinski definition) is 0. The summed E-state index contributed by atoms with van der Waals surface area (Å²) in [6.07, 6.45) is -0.538. The van der Waals surface area contributed by atoms with Gasteiger partial charge in [-0.3, -0.25) is 0 Å². The number of carbonyl (C=O) groups excluding carboxylic acids is 2. The lowest BCUT2D eigenvalue weighted by atomic mass is 10.0. The zero-order valence-corrected chi connectivity index (χ0v) is 17.9. The lowest BCUT2D eigenvalue weighted by molar-refractivity contribution is -0.150. The van der Waals surface area contributed by atoms with Gasteiger partial charge in [0.15, 0.2) is 13.2 Å². The average Bonchev–Trinajstić information content (AvgIpc) is 2.69. The van der Waals surface area contributed by atoms with Crippen LogP contribution in [0.3, 0.4) is 0 Å². The molecule has 0 atom stereocenters. The van der Waals surface area contributed by atoms with Gasteiger partial charge < -0.3 is 18.9 Å². The summed E-state index contributed by atoms with van der Waals surface area (Å²) >= 11 is 0. The van der Waals surface area contributed by atoms with Crippen LogP contribution in [0.2, 0.25) is 0 Å². The number of hydrogen-bond acceptors (Lipinski definition) is 6. The van der Waals surface area contributed by atoms with E-state index in [1.54, 1.807) is 52.0 Å². The van der Waals surface area contributed by atoms with E-state index in [9.17, 15) is 14.0 Å². The molecule has 0 saturated heterocycles. The molecule has 0 aliphatic heterocycles. The molecule has 6 nitrogen and oxygen atoms in total. The molecular formula is C24H25FO6. The molecule has 3 aromatic rings. The Morgan fingerprint density at radius 2 is 1.19 bits per heavy atom. The van der Waals surface area contributed by atoms with E-state index in [-0.39, 0.29) is 25.4 Å². The molecule has 3 aromatic carbocycles. The highest BCUT2D eigenvalue weighted by molar-refractivity contribution is 6.11. The molecule has 0 spiro atoms. The van der Waals surface area contributed by atoms with Gasteiger partial charge in [-0.1, -0.05) is 24.3 Å². The summed E-state index contributed by atoms with van der Waals surface area (Å²) in [6.45, 7) is 6.37. The van der Waals surface area contributed by atoms with Gasteiger partial charge in [0.1, 0.15) is 17.3 Å². The van der Waals surface area contributed by atoms with E-state index in [1.165, 1.54) is 12.1 Å². The Morgan fingerprint density at radius 1 is 0.742 bits per heavy atom. The first-order chi connectivity index (χ1) is 14.8. The van der Waals surface area contributed by atoms with E-state index in [1.807, 2.05) is 6.07 Å². The van der Waals surface area contributed by atoms with Gasteiger partial charge in [-0.15, -0.1) is 0 Å². The summed E-state index contributed by atoms with van der Waals surface area (Å²) in [5.41, 5.74) is 0. The molecule has 0 unspecified atom stereocenters. The van der Waals surface area contributed by atoms with Gasteiger partial charge in [-0.05, 0) is 45.9 Å². The average molecular weight is 428 g/mol. The van der Waals surface area contributed by atoms with Crippen molar-refractivity contribution in [2.24, 2.45) is 0 Å². The fourth-order valence-corrected chi connectivity index (χ4v) is 3.24. The zero-order chi connectivity index (χ0) is 22.5. The van der Waals surface area contributed by atoms with Crippen molar-refractivity contribution in [2.45, 2.75) is 39.9 Å². The van der Waals surface area contributed by atoms with Crippen LogP contribution in [-0.2, 0) is 19.1 Å². The van der Waals surface area contributed by atoms with Crippen LogP contribution in [-0.4, -0.2) is 37.4 Å². The standard InChI is InChI=1S/C24H25FO6/c1-14(2)30-21(26)12-28-23-17-7-5-6-8-18(17)24(29-13-22(27)31-15(3)4)20-11-16(25)9-10-19(20)23/h5-11,14-15H,12-13H2,1-4H3. The second-order valence-electron chi connectivity index (χ2n) is 7.55. The van der Waals surface area contributed by atoms with E-state index in [0.717, 1.165) is 0 Å². The molecule has 0 N–H and O–H groups in total. The number of fused-ring (bicyclic) bond motifs is 2. The van der Waals surface area contributed by atoms with Crippen LogP contribution in [0.4, 0.5) is 4.39 Å². The predicted molar refractivity (Wildman–Crippen MR) is 115 cm³/mol. The highest BCUT2D eigenvalue weighted by Gasteiger charge is 2.19. The van der Waals surface area contributed by atoms with Gasteiger partial charge >= 0.3 is 11.9 Å². The van der Waals surface area contributed by atoms with Crippen LogP contribution >= 0.6 is 0 Å². The molecule has 0 fully saturated rings. The largest absolute Gasteiger partial charge is 0.481 e. The fraction of sp³-hybridized carbons (Fsp3) is 0.333. The van der Waals surface area contributed by atoms with E-state index < -0.39 is 17.8 Å². The molecular weight excluding hydrogens is 403 g/mol. The highest BCUT2D eigenvalue weighted by Crippen LogP contribution is 2.43. The summed E-state index contributed by atoms with van der Waals surface area (Å²) in [7, 11) is 0. The number of carbonyl (C=O) groups is 2. The lowest BCUT2D eigenvalue weighted by Crippen LogP contribution is -2.19. The predicted octanol–water partition coefficient (Wildman–Crippen LogP) is 4.79. The van der Waals surface area contributed by atoms with Gasteiger partial charge in [0, 0.05) is 21.5 Å². The molecule has 0 saturated carbocycles. The summed E-state index contributed by atoms with van der Waals surface area (Å²) in [6, 6.07) is 11.4. The van der Waals surface area contributed by atoms with Gasteiger partial charge in [0.05, 0.1) is 12.2 Å². The van der Waals surface area contributed by atoms with Crippen LogP contribution in [0, 0.1) is 5.82 Å². The molecule has 31 heavy (non-hydrogen) atoms. The molecule has 0 amide bonds. The highest BCUT2D eigenvalue weighted by atomic mass is 19.1. The van der Waals surface area contributed by atoms with Gasteiger partial charge in [-0.2, -0.15) is 0 Å². The summed E-state index contributed by atoms with van der Waals surface area (Å²) in [5, 5.41) is 2.24. The van der Waals surface area contributed by atoms with Crippen molar-refractivity contribution in [1.82, 2.24) is 0 Å². The molecule has 7 heteroatoms. The van der Waals surface area contributed by atoms with Crippen molar-refractivity contribution in [1.29, 1.82) is 0 Å². The third-order valence-corrected chi connectivity index (χ3v) is 4.29. The minimum Gasteiger partial charge on any atom is -0.481 e. The normalized spacial score (nSPS) is 11.2. The second-order valence-corrected chi connectivity index (χ2v) is 7.55. The number of halogens is 1.